The molecular formula is C25H22F2N4O2S. The maximum Gasteiger partial charge on any atom is 0.155 e. The van der Waals surface area contributed by atoms with E-state index in [1.54, 1.807) is 24.5 Å². The summed E-state index contributed by atoms with van der Waals surface area (Å²) in [6.07, 6.45) is 9.37. The summed E-state index contributed by atoms with van der Waals surface area (Å²) in [7, 11) is 0. The second kappa shape index (κ2) is 8.53. The van der Waals surface area contributed by atoms with Crippen molar-refractivity contribution in [2.24, 2.45) is 16.6 Å². The van der Waals surface area contributed by atoms with Crippen molar-refractivity contribution in [1.29, 1.82) is 0 Å². The number of ether oxygens (including phenoxy) is 1. The number of hydrogen-bond donors (Lipinski definition) is 2. The highest BCUT2D eigenvalue weighted by Crippen LogP contribution is 2.65. The molecule has 3 atom stereocenters. The van der Waals surface area contributed by atoms with Crippen LogP contribution in [0.3, 0.4) is 0 Å². The van der Waals surface area contributed by atoms with E-state index < -0.39 is 22.8 Å². The predicted molar refractivity (Wildman–Crippen MR) is 128 cm³/mol. The van der Waals surface area contributed by atoms with Crippen LogP contribution in [0.1, 0.15) is 23.2 Å². The van der Waals surface area contributed by atoms with Crippen LogP contribution in [0.15, 0.2) is 47.7 Å². The SMILES string of the molecule is C#CCOc1cnc2c(Cc3ccc(F)c([C@@]4(CF)N=C(N)S[C@@]5(CO)C[C@H]54)c3)nccc2c1. The topological polar surface area (TPSA) is 93.6 Å². The van der Waals surface area contributed by atoms with E-state index >= 15 is 4.39 Å². The molecule has 2 aromatic heterocycles. The Balaban J connectivity index is 1.51. The van der Waals surface area contributed by atoms with Gasteiger partial charge < -0.3 is 15.6 Å². The van der Waals surface area contributed by atoms with Gasteiger partial charge in [0.05, 0.1) is 28.8 Å². The van der Waals surface area contributed by atoms with Crippen LogP contribution in [0.5, 0.6) is 5.75 Å². The number of terminal acetylenes is 1. The number of nitrogens with two attached hydrogens (primary N) is 1. The number of thioether (sulfide) groups is 1. The molecule has 3 N–H and O–H groups in total. The number of pyridine rings is 2. The number of aromatic nitrogens is 2. The first-order valence-corrected chi connectivity index (χ1v) is 11.6. The quantitative estimate of drug-likeness (QED) is 0.504. The molecule has 174 valence electrons. The first-order chi connectivity index (χ1) is 16.4. The van der Waals surface area contributed by atoms with Gasteiger partial charge in [-0.3, -0.25) is 9.97 Å². The number of benzene rings is 1. The van der Waals surface area contributed by atoms with Crippen LogP contribution >= 0.6 is 11.8 Å². The number of rotatable bonds is 7. The third-order valence-electron chi connectivity index (χ3n) is 6.53. The predicted octanol–water partition coefficient (Wildman–Crippen LogP) is 3.35. The third-order valence-corrected chi connectivity index (χ3v) is 7.82. The molecule has 0 spiro atoms. The zero-order valence-corrected chi connectivity index (χ0v) is 19.0. The minimum Gasteiger partial charge on any atom is -0.479 e. The molecule has 9 heteroatoms. The van der Waals surface area contributed by atoms with E-state index in [1.807, 2.05) is 12.1 Å². The zero-order valence-electron chi connectivity index (χ0n) is 18.2. The monoisotopic (exact) mass is 480 g/mol. The fourth-order valence-electron chi connectivity index (χ4n) is 4.80. The molecule has 2 aliphatic rings. The average Bonchev–Trinajstić information content (AvgIpc) is 3.59. The van der Waals surface area contributed by atoms with Gasteiger partial charge in [0, 0.05) is 29.5 Å². The summed E-state index contributed by atoms with van der Waals surface area (Å²) in [6.45, 7) is -0.931. The molecule has 3 heterocycles. The van der Waals surface area contributed by atoms with Crippen molar-refractivity contribution < 1.29 is 18.6 Å². The molecule has 0 unspecified atom stereocenters. The molecule has 6 nitrogen and oxygen atoms in total. The standard InChI is InChI=1S/C25H22F2N4O2S/c1-2-7-33-17-10-16-5-6-29-20(22(16)30-12-17)9-15-3-4-19(27)18(8-15)25(13-26)21-11-24(21,14-32)34-23(28)31-25/h1,3-6,8,10,12,21,32H,7,9,11,13-14H2,(H2,28,31)/t21-,24-,25-/m1/s1. The molecule has 0 saturated heterocycles. The summed E-state index contributed by atoms with van der Waals surface area (Å²) in [4.78, 5) is 13.3. The van der Waals surface area contributed by atoms with Gasteiger partial charge in [0.25, 0.3) is 0 Å². The van der Waals surface area contributed by atoms with Gasteiger partial charge in [0.1, 0.15) is 30.4 Å². The van der Waals surface area contributed by atoms with Gasteiger partial charge in [-0.2, -0.15) is 0 Å². The molecule has 0 bridgehead atoms. The van der Waals surface area contributed by atoms with Gasteiger partial charge in [0.2, 0.25) is 0 Å². The van der Waals surface area contributed by atoms with E-state index in [0.717, 1.165) is 10.9 Å². The Kier molecular flexibility index (Phi) is 5.66. The van der Waals surface area contributed by atoms with Gasteiger partial charge in [0.15, 0.2) is 5.17 Å². The number of hydrogen-bond acceptors (Lipinski definition) is 7. The first-order valence-electron chi connectivity index (χ1n) is 10.7. The van der Waals surface area contributed by atoms with Crippen LogP contribution in [-0.4, -0.2) is 44.9 Å². The number of fused-ring (bicyclic) bond motifs is 2. The Morgan fingerprint density at radius 2 is 2.15 bits per heavy atom. The Labute approximate surface area is 199 Å². The molecule has 1 saturated carbocycles. The fourth-order valence-corrected chi connectivity index (χ4v) is 6.08. The van der Waals surface area contributed by atoms with Gasteiger partial charge >= 0.3 is 0 Å². The molecule has 1 aliphatic heterocycles. The number of aliphatic hydroxyl groups excluding tert-OH is 1. The molecule has 0 amide bonds. The number of amidine groups is 1. The molecular weight excluding hydrogens is 458 g/mol. The minimum atomic E-state index is -1.45. The maximum atomic E-state index is 15.1. The normalized spacial score (nSPS) is 25.4. The summed E-state index contributed by atoms with van der Waals surface area (Å²) < 4.78 is 34.5. The fraction of sp³-hybridized carbons (Fsp3) is 0.320. The van der Waals surface area contributed by atoms with E-state index in [4.69, 9.17) is 16.9 Å². The number of aliphatic imine (C=N–C) groups is 1. The van der Waals surface area contributed by atoms with Crippen molar-refractivity contribution >= 4 is 27.8 Å². The highest BCUT2D eigenvalue weighted by Gasteiger charge is 2.68. The van der Waals surface area contributed by atoms with E-state index in [2.05, 4.69) is 20.9 Å². The van der Waals surface area contributed by atoms with Crippen molar-refractivity contribution in [2.45, 2.75) is 23.1 Å². The van der Waals surface area contributed by atoms with E-state index in [0.29, 0.717) is 29.8 Å². The first kappa shape index (κ1) is 22.6. The lowest BCUT2D eigenvalue weighted by Gasteiger charge is -2.34. The number of nitrogens with zero attached hydrogens (tertiary/aromatic N) is 3. The van der Waals surface area contributed by atoms with Crippen LogP contribution in [0.25, 0.3) is 10.9 Å². The molecule has 1 fully saturated rings. The highest BCUT2D eigenvalue weighted by molar-refractivity contribution is 8.15. The van der Waals surface area contributed by atoms with Gasteiger partial charge in [-0.1, -0.05) is 23.7 Å². The summed E-state index contributed by atoms with van der Waals surface area (Å²) in [5.41, 5.74) is 6.79. The summed E-state index contributed by atoms with van der Waals surface area (Å²) in [6, 6.07) is 8.25. The molecule has 5 rings (SSSR count). The van der Waals surface area contributed by atoms with Crippen molar-refractivity contribution in [3.63, 3.8) is 0 Å². The summed E-state index contributed by atoms with van der Waals surface area (Å²) in [5.74, 6) is 2.08. The van der Waals surface area contributed by atoms with Gasteiger partial charge in [-0.25, -0.2) is 13.8 Å². The molecule has 1 aromatic carbocycles. The molecule has 1 aliphatic carbocycles. The lowest BCUT2D eigenvalue weighted by atomic mass is 9.83. The highest BCUT2D eigenvalue weighted by atomic mass is 32.2. The third kappa shape index (κ3) is 3.67. The van der Waals surface area contributed by atoms with Crippen molar-refractivity contribution in [3.8, 4) is 18.1 Å². The molecule has 3 aromatic rings. The number of alkyl halides is 1. The zero-order chi connectivity index (χ0) is 23.9. The van der Waals surface area contributed by atoms with Gasteiger partial charge in [-0.15, -0.1) is 6.42 Å². The Bertz CT molecular complexity index is 1340. The van der Waals surface area contributed by atoms with Crippen LogP contribution in [0.2, 0.25) is 0 Å². The summed E-state index contributed by atoms with van der Waals surface area (Å²) >= 11 is 1.24. The summed E-state index contributed by atoms with van der Waals surface area (Å²) in [5, 5.41) is 10.9. The Hall–Kier alpha value is -3.22. The number of aliphatic hydroxyl groups is 1. The minimum absolute atomic E-state index is 0.143. The lowest BCUT2D eigenvalue weighted by molar-refractivity contribution is 0.231. The van der Waals surface area contributed by atoms with Crippen LogP contribution in [0, 0.1) is 24.1 Å². The van der Waals surface area contributed by atoms with Gasteiger partial charge in [-0.05, 0) is 36.2 Å². The molecule has 0 radical (unpaired) electrons. The van der Waals surface area contributed by atoms with Crippen LogP contribution < -0.4 is 10.5 Å². The smallest absolute Gasteiger partial charge is 0.155 e. The largest absolute Gasteiger partial charge is 0.479 e. The van der Waals surface area contributed by atoms with E-state index in [9.17, 15) is 9.50 Å². The van der Waals surface area contributed by atoms with Crippen LogP contribution in [-0.2, 0) is 12.0 Å². The molecule has 34 heavy (non-hydrogen) atoms. The lowest BCUT2D eigenvalue weighted by Crippen LogP contribution is -2.41. The van der Waals surface area contributed by atoms with Crippen molar-refractivity contribution in [3.05, 3.63) is 65.4 Å². The van der Waals surface area contributed by atoms with E-state index in [-0.39, 0.29) is 29.9 Å². The Morgan fingerprint density at radius 3 is 2.91 bits per heavy atom. The van der Waals surface area contributed by atoms with Crippen LogP contribution in [0.4, 0.5) is 8.78 Å². The average molecular weight is 481 g/mol. The Morgan fingerprint density at radius 1 is 1.29 bits per heavy atom. The maximum absolute atomic E-state index is 15.1. The number of halogens is 2. The van der Waals surface area contributed by atoms with Crippen molar-refractivity contribution in [1.82, 2.24) is 9.97 Å². The van der Waals surface area contributed by atoms with Crippen molar-refractivity contribution in [2.75, 3.05) is 19.9 Å². The second-order valence-electron chi connectivity index (χ2n) is 8.57. The van der Waals surface area contributed by atoms with E-state index in [1.165, 1.54) is 17.8 Å². The second-order valence-corrected chi connectivity index (χ2v) is 10.0.